The quantitative estimate of drug-likeness (QED) is 0.784. The van der Waals surface area contributed by atoms with Gasteiger partial charge in [0.1, 0.15) is 17.3 Å². The van der Waals surface area contributed by atoms with Crippen LogP contribution >= 0.6 is 11.6 Å². The molecule has 1 aromatic heterocycles. The van der Waals surface area contributed by atoms with Crippen molar-refractivity contribution in [2.24, 2.45) is 0 Å². The van der Waals surface area contributed by atoms with E-state index in [1.165, 1.54) is 0 Å². The molecule has 0 aliphatic carbocycles. The highest BCUT2D eigenvalue weighted by molar-refractivity contribution is 6.35. The first-order valence-corrected chi connectivity index (χ1v) is 7.55. The van der Waals surface area contributed by atoms with Crippen LogP contribution in [0.3, 0.4) is 0 Å². The number of anilines is 1. The Labute approximate surface area is 139 Å². The van der Waals surface area contributed by atoms with Gasteiger partial charge in [0.2, 0.25) is 0 Å². The highest BCUT2D eigenvalue weighted by Crippen LogP contribution is 2.33. The molecule has 0 bridgehead atoms. The van der Waals surface area contributed by atoms with Crippen LogP contribution < -0.4 is 15.2 Å². The van der Waals surface area contributed by atoms with Crippen molar-refractivity contribution in [3.63, 3.8) is 0 Å². The van der Waals surface area contributed by atoms with Crippen LogP contribution in [0, 0.1) is 0 Å². The van der Waals surface area contributed by atoms with Crippen molar-refractivity contribution < 1.29 is 9.47 Å². The monoisotopic (exact) mass is 328 g/mol. The molecule has 4 nitrogen and oxygen atoms in total. The summed E-state index contributed by atoms with van der Waals surface area (Å²) in [6, 6.07) is 13.3. The zero-order valence-corrected chi connectivity index (χ0v) is 13.7. The molecule has 0 atom stereocenters. The predicted molar refractivity (Wildman–Crippen MR) is 93.5 cm³/mol. The first kappa shape index (κ1) is 15.4. The van der Waals surface area contributed by atoms with Crippen LogP contribution in [-0.4, -0.2) is 19.2 Å². The summed E-state index contributed by atoms with van der Waals surface area (Å²) in [5.41, 5.74) is 8.73. The fraction of sp³-hybridized carbons (Fsp3) is 0.167. The Morgan fingerprint density at radius 3 is 2.35 bits per heavy atom. The molecule has 23 heavy (non-hydrogen) atoms. The van der Waals surface area contributed by atoms with Crippen LogP contribution in [0.15, 0.2) is 42.5 Å². The third-order valence-corrected chi connectivity index (χ3v) is 4.15. The van der Waals surface area contributed by atoms with Crippen LogP contribution in [0.4, 0.5) is 5.82 Å². The number of nitrogen functional groups attached to an aromatic ring is 1. The lowest BCUT2D eigenvalue weighted by molar-refractivity contribution is 0.387. The molecule has 0 fully saturated rings. The van der Waals surface area contributed by atoms with Gasteiger partial charge in [-0.05, 0) is 35.9 Å². The SMILES string of the molecule is COc1cccc(OC)c1Cc1cc2c(Cl)cccc2nc1N. The van der Waals surface area contributed by atoms with E-state index in [1.807, 2.05) is 42.5 Å². The molecule has 5 heteroatoms. The van der Waals surface area contributed by atoms with Gasteiger partial charge in [-0.2, -0.15) is 0 Å². The number of benzene rings is 2. The van der Waals surface area contributed by atoms with Gasteiger partial charge in [-0.15, -0.1) is 0 Å². The highest BCUT2D eigenvalue weighted by Gasteiger charge is 2.14. The summed E-state index contributed by atoms with van der Waals surface area (Å²) in [6.45, 7) is 0. The topological polar surface area (TPSA) is 57.4 Å². The first-order chi connectivity index (χ1) is 11.1. The third-order valence-electron chi connectivity index (χ3n) is 3.82. The molecule has 2 N–H and O–H groups in total. The summed E-state index contributed by atoms with van der Waals surface area (Å²) >= 11 is 6.27. The second-order valence-corrected chi connectivity index (χ2v) is 5.56. The van der Waals surface area contributed by atoms with Gasteiger partial charge in [-0.3, -0.25) is 0 Å². The van der Waals surface area contributed by atoms with Crippen LogP contribution in [0.5, 0.6) is 11.5 Å². The van der Waals surface area contributed by atoms with Gasteiger partial charge in [-0.25, -0.2) is 4.98 Å². The average Bonchev–Trinajstić information content (AvgIpc) is 2.56. The van der Waals surface area contributed by atoms with E-state index in [-0.39, 0.29) is 0 Å². The largest absolute Gasteiger partial charge is 0.496 e. The van der Waals surface area contributed by atoms with E-state index in [4.69, 9.17) is 26.8 Å². The summed E-state index contributed by atoms with van der Waals surface area (Å²) in [6.07, 6.45) is 0.549. The number of aromatic nitrogens is 1. The van der Waals surface area contributed by atoms with Gasteiger partial charge >= 0.3 is 0 Å². The minimum absolute atomic E-state index is 0.479. The fourth-order valence-electron chi connectivity index (χ4n) is 2.65. The van der Waals surface area contributed by atoms with Gasteiger partial charge in [-0.1, -0.05) is 23.7 Å². The fourth-order valence-corrected chi connectivity index (χ4v) is 2.87. The Morgan fingerprint density at radius 2 is 1.70 bits per heavy atom. The minimum atomic E-state index is 0.479. The van der Waals surface area contributed by atoms with Crippen molar-refractivity contribution in [3.8, 4) is 11.5 Å². The van der Waals surface area contributed by atoms with Crippen molar-refractivity contribution in [2.45, 2.75) is 6.42 Å². The zero-order chi connectivity index (χ0) is 16.4. The number of halogens is 1. The molecule has 0 saturated heterocycles. The highest BCUT2D eigenvalue weighted by atomic mass is 35.5. The molecular formula is C18H17ClN2O2. The molecule has 0 spiro atoms. The van der Waals surface area contributed by atoms with Crippen LogP contribution in [0.2, 0.25) is 5.02 Å². The number of hydrogen-bond acceptors (Lipinski definition) is 4. The van der Waals surface area contributed by atoms with Crippen molar-refractivity contribution in [1.29, 1.82) is 0 Å². The standard InChI is InChI=1S/C18H17ClN2O2/c1-22-16-7-4-8-17(23-2)13(16)10-11-9-12-14(19)5-3-6-15(12)21-18(11)20/h3-9H,10H2,1-2H3,(H2,20,21). The van der Waals surface area contributed by atoms with E-state index >= 15 is 0 Å². The normalized spacial score (nSPS) is 10.7. The predicted octanol–water partition coefficient (Wildman–Crippen LogP) is 4.08. The van der Waals surface area contributed by atoms with Crippen LogP contribution in [0.1, 0.15) is 11.1 Å². The van der Waals surface area contributed by atoms with Crippen molar-refractivity contribution >= 4 is 28.3 Å². The number of nitrogens with zero attached hydrogens (tertiary/aromatic N) is 1. The van der Waals surface area contributed by atoms with E-state index in [0.29, 0.717) is 17.3 Å². The number of methoxy groups -OCH3 is 2. The van der Waals surface area contributed by atoms with E-state index in [1.54, 1.807) is 14.2 Å². The Morgan fingerprint density at radius 1 is 1.04 bits per heavy atom. The van der Waals surface area contributed by atoms with Gasteiger partial charge < -0.3 is 15.2 Å². The number of ether oxygens (including phenoxy) is 2. The van der Waals surface area contributed by atoms with E-state index in [9.17, 15) is 0 Å². The first-order valence-electron chi connectivity index (χ1n) is 7.17. The minimum Gasteiger partial charge on any atom is -0.496 e. The number of nitrogens with two attached hydrogens (primary N) is 1. The smallest absolute Gasteiger partial charge is 0.127 e. The second-order valence-electron chi connectivity index (χ2n) is 5.16. The Kier molecular flexibility index (Phi) is 4.26. The maximum absolute atomic E-state index is 6.27. The molecule has 0 radical (unpaired) electrons. The number of hydrogen-bond donors (Lipinski definition) is 1. The van der Waals surface area contributed by atoms with Crippen molar-refractivity contribution in [3.05, 3.63) is 58.6 Å². The summed E-state index contributed by atoms with van der Waals surface area (Å²) < 4.78 is 10.9. The van der Waals surface area contributed by atoms with E-state index in [2.05, 4.69) is 4.98 Å². The molecule has 0 aliphatic heterocycles. The Hall–Kier alpha value is -2.46. The lowest BCUT2D eigenvalue weighted by Gasteiger charge is -2.14. The Balaban J connectivity index is 2.12. The lowest BCUT2D eigenvalue weighted by Crippen LogP contribution is -2.02. The number of pyridine rings is 1. The lowest BCUT2D eigenvalue weighted by atomic mass is 10.0. The van der Waals surface area contributed by atoms with Gasteiger partial charge in [0, 0.05) is 22.4 Å². The molecule has 0 saturated carbocycles. The molecule has 118 valence electrons. The third kappa shape index (κ3) is 2.90. The molecule has 0 amide bonds. The zero-order valence-electron chi connectivity index (χ0n) is 13.0. The van der Waals surface area contributed by atoms with Gasteiger partial charge in [0.25, 0.3) is 0 Å². The van der Waals surface area contributed by atoms with Crippen LogP contribution in [-0.2, 0) is 6.42 Å². The van der Waals surface area contributed by atoms with Crippen molar-refractivity contribution in [2.75, 3.05) is 20.0 Å². The summed E-state index contributed by atoms with van der Waals surface area (Å²) in [4.78, 5) is 4.46. The number of fused-ring (bicyclic) bond motifs is 1. The molecule has 3 aromatic rings. The Bertz CT molecular complexity index is 843. The summed E-state index contributed by atoms with van der Waals surface area (Å²) in [5.74, 6) is 1.98. The van der Waals surface area contributed by atoms with E-state index < -0.39 is 0 Å². The molecule has 1 heterocycles. The van der Waals surface area contributed by atoms with E-state index in [0.717, 1.165) is 33.5 Å². The maximum atomic E-state index is 6.27. The summed E-state index contributed by atoms with van der Waals surface area (Å²) in [7, 11) is 3.27. The summed E-state index contributed by atoms with van der Waals surface area (Å²) in [5, 5.41) is 1.54. The second kappa shape index (κ2) is 6.34. The van der Waals surface area contributed by atoms with Gasteiger partial charge in [0.05, 0.1) is 19.7 Å². The van der Waals surface area contributed by atoms with Crippen molar-refractivity contribution in [1.82, 2.24) is 4.98 Å². The molecular weight excluding hydrogens is 312 g/mol. The maximum Gasteiger partial charge on any atom is 0.127 e. The number of rotatable bonds is 4. The molecule has 3 rings (SSSR count). The van der Waals surface area contributed by atoms with Gasteiger partial charge in [0.15, 0.2) is 0 Å². The average molecular weight is 329 g/mol. The van der Waals surface area contributed by atoms with Crippen LogP contribution in [0.25, 0.3) is 10.9 Å². The molecule has 0 unspecified atom stereocenters. The molecule has 2 aromatic carbocycles. The molecule has 0 aliphatic rings.